The molecular formula is C13H12ClN3O3. The number of benzene rings is 1. The van der Waals surface area contributed by atoms with E-state index in [4.69, 9.17) is 22.4 Å². The fourth-order valence-corrected chi connectivity index (χ4v) is 1.92. The van der Waals surface area contributed by atoms with E-state index in [1.54, 1.807) is 24.3 Å². The van der Waals surface area contributed by atoms with Crippen molar-refractivity contribution in [2.45, 2.75) is 13.0 Å². The molecule has 0 bridgehead atoms. The van der Waals surface area contributed by atoms with Crippen LogP contribution in [0.15, 0.2) is 24.3 Å². The van der Waals surface area contributed by atoms with Crippen molar-refractivity contribution in [2.75, 3.05) is 5.73 Å². The van der Waals surface area contributed by atoms with E-state index in [0.717, 1.165) is 0 Å². The minimum Gasteiger partial charge on any atom is -0.481 e. The molecule has 104 valence electrons. The summed E-state index contributed by atoms with van der Waals surface area (Å²) in [6.45, 7) is 0.107. The van der Waals surface area contributed by atoms with Crippen molar-refractivity contribution in [3.8, 4) is 11.3 Å². The van der Waals surface area contributed by atoms with E-state index < -0.39 is 5.97 Å². The van der Waals surface area contributed by atoms with Crippen molar-refractivity contribution in [3.05, 3.63) is 34.9 Å². The molecule has 1 aromatic carbocycles. The lowest BCUT2D eigenvalue weighted by atomic mass is 10.1. The Balaban J connectivity index is 2.42. The van der Waals surface area contributed by atoms with Crippen molar-refractivity contribution in [1.29, 1.82) is 0 Å². The highest BCUT2D eigenvalue weighted by Gasteiger charge is 2.17. The van der Waals surface area contributed by atoms with Gasteiger partial charge in [0.2, 0.25) is 0 Å². The number of carbonyl (C=O) groups excluding carboxylic acids is 1. The monoisotopic (exact) mass is 293 g/mol. The van der Waals surface area contributed by atoms with Crippen molar-refractivity contribution in [2.24, 2.45) is 0 Å². The number of halogens is 1. The standard InChI is InChI=1S/C13H12ClN3O3/c14-9-3-1-8(2-4-9)12-10(7-18)13(15)17(16-12)6-5-11(19)20/h1-4,7H,5-6,15H2,(H,19,20). The van der Waals surface area contributed by atoms with Crippen LogP contribution in [0.4, 0.5) is 5.82 Å². The van der Waals surface area contributed by atoms with Crippen LogP contribution in [0.3, 0.4) is 0 Å². The molecule has 0 atom stereocenters. The Morgan fingerprint density at radius 1 is 1.40 bits per heavy atom. The quantitative estimate of drug-likeness (QED) is 0.822. The number of nitrogen functional groups attached to an aromatic ring is 1. The van der Waals surface area contributed by atoms with Gasteiger partial charge in [-0.25, -0.2) is 4.68 Å². The maximum Gasteiger partial charge on any atom is 0.305 e. The molecule has 0 amide bonds. The molecule has 0 aliphatic carbocycles. The first-order valence-electron chi connectivity index (χ1n) is 5.82. The Morgan fingerprint density at radius 3 is 2.60 bits per heavy atom. The van der Waals surface area contributed by atoms with Gasteiger partial charge in [-0.1, -0.05) is 23.7 Å². The van der Waals surface area contributed by atoms with Gasteiger partial charge in [-0.2, -0.15) is 5.10 Å². The van der Waals surface area contributed by atoms with Gasteiger partial charge in [0.15, 0.2) is 6.29 Å². The Labute approximate surface area is 119 Å². The Kier molecular flexibility index (Phi) is 4.05. The molecule has 20 heavy (non-hydrogen) atoms. The zero-order chi connectivity index (χ0) is 14.7. The van der Waals surface area contributed by atoms with Crippen LogP contribution in [-0.2, 0) is 11.3 Å². The minimum atomic E-state index is -0.958. The normalized spacial score (nSPS) is 10.4. The second-order valence-corrected chi connectivity index (χ2v) is 4.58. The summed E-state index contributed by atoms with van der Waals surface area (Å²) in [5.41, 5.74) is 7.17. The number of carboxylic acid groups (broad SMARTS) is 1. The lowest BCUT2D eigenvalue weighted by Crippen LogP contribution is -2.09. The SMILES string of the molecule is Nc1c(C=O)c(-c2ccc(Cl)cc2)nn1CCC(=O)O. The third-order valence-corrected chi connectivity index (χ3v) is 3.05. The smallest absolute Gasteiger partial charge is 0.305 e. The molecule has 0 radical (unpaired) electrons. The van der Waals surface area contributed by atoms with Gasteiger partial charge in [0.05, 0.1) is 18.5 Å². The molecule has 2 aromatic rings. The zero-order valence-corrected chi connectivity index (χ0v) is 11.2. The third kappa shape index (κ3) is 2.80. The summed E-state index contributed by atoms with van der Waals surface area (Å²) in [6.07, 6.45) is 0.494. The molecule has 0 saturated carbocycles. The largest absolute Gasteiger partial charge is 0.481 e. The predicted molar refractivity (Wildman–Crippen MR) is 74.7 cm³/mol. The molecule has 0 spiro atoms. The zero-order valence-electron chi connectivity index (χ0n) is 10.4. The van der Waals surface area contributed by atoms with Crippen LogP contribution < -0.4 is 5.73 Å². The van der Waals surface area contributed by atoms with Crippen LogP contribution in [0.5, 0.6) is 0 Å². The van der Waals surface area contributed by atoms with E-state index in [1.165, 1.54) is 4.68 Å². The van der Waals surface area contributed by atoms with Crippen molar-refractivity contribution in [3.63, 3.8) is 0 Å². The maximum absolute atomic E-state index is 11.2. The highest BCUT2D eigenvalue weighted by atomic mass is 35.5. The van der Waals surface area contributed by atoms with Crippen LogP contribution >= 0.6 is 11.6 Å². The number of aldehydes is 1. The van der Waals surface area contributed by atoms with Crippen LogP contribution in [0.1, 0.15) is 16.8 Å². The number of hydrogen-bond donors (Lipinski definition) is 2. The number of aliphatic carboxylic acids is 1. The maximum atomic E-state index is 11.2. The van der Waals surface area contributed by atoms with Crippen LogP contribution in [0.2, 0.25) is 5.02 Å². The van der Waals surface area contributed by atoms with Gasteiger partial charge < -0.3 is 10.8 Å². The van der Waals surface area contributed by atoms with Gasteiger partial charge in [0.25, 0.3) is 0 Å². The number of rotatable bonds is 5. The summed E-state index contributed by atoms with van der Waals surface area (Å²) < 4.78 is 1.32. The second-order valence-electron chi connectivity index (χ2n) is 4.14. The Bertz CT molecular complexity index is 650. The molecule has 1 aromatic heterocycles. The second kappa shape index (κ2) is 5.75. The van der Waals surface area contributed by atoms with Gasteiger partial charge in [0, 0.05) is 10.6 Å². The van der Waals surface area contributed by atoms with Gasteiger partial charge in [-0.05, 0) is 12.1 Å². The van der Waals surface area contributed by atoms with E-state index >= 15 is 0 Å². The molecule has 0 aliphatic rings. The highest BCUT2D eigenvalue weighted by Crippen LogP contribution is 2.27. The summed E-state index contributed by atoms with van der Waals surface area (Å²) in [7, 11) is 0. The number of hydrogen-bond acceptors (Lipinski definition) is 4. The van der Waals surface area contributed by atoms with E-state index in [-0.39, 0.29) is 24.3 Å². The summed E-state index contributed by atoms with van der Waals surface area (Å²) in [5.74, 6) is -0.799. The number of anilines is 1. The van der Waals surface area contributed by atoms with Gasteiger partial charge in [0.1, 0.15) is 11.5 Å². The fraction of sp³-hybridized carbons (Fsp3) is 0.154. The van der Waals surface area contributed by atoms with E-state index in [1.807, 2.05) is 0 Å². The Hall–Kier alpha value is -2.34. The molecule has 2 rings (SSSR count). The number of nitrogens with two attached hydrogens (primary N) is 1. The van der Waals surface area contributed by atoms with E-state index in [2.05, 4.69) is 5.10 Å². The van der Waals surface area contributed by atoms with E-state index in [9.17, 15) is 9.59 Å². The molecule has 0 fully saturated rings. The van der Waals surface area contributed by atoms with Crippen LogP contribution in [-0.4, -0.2) is 27.1 Å². The van der Waals surface area contributed by atoms with E-state index in [0.29, 0.717) is 22.6 Å². The molecule has 6 nitrogen and oxygen atoms in total. The van der Waals surface area contributed by atoms with Crippen molar-refractivity contribution >= 4 is 29.7 Å². The molecule has 3 N–H and O–H groups in total. The molecule has 1 heterocycles. The van der Waals surface area contributed by atoms with Gasteiger partial charge >= 0.3 is 5.97 Å². The first-order valence-corrected chi connectivity index (χ1v) is 6.20. The summed E-state index contributed by atoms with van der Waals surface area (Å²) in [4.78, 5) is 21.8. The first kappa shape index (κ1) is 14.1. The summed E-state index contributed by atoms with van der Waals surface area (Å²) in [5, 5.41) is 13.5. The van der Waals surface area contributed by atoms with Crippen molar-refractivity contribution in [1.82, 2.24) is 9.78 Å². The average Bonchev–Trinajstić information content (AvgIpc) is 2.73. The van der Waals surface area contributed by atoms with Gasteiger partial charge in [-0.3, -0.25) is 9.59 Å². The average molecular weight is 294 g/mol. The fourth-order valence-electron chi connectivity index (χ4n) is 1.80. The molecule has 0 saturated heterocycles. The number of aromatic nitrogens is 2. The Morgan fingerprint density at radius 2 is 2.05 bits per heavy atom. The minimum absolute atomic E-state index is 0.107. The van der Waals surface area contributed by atoms with Crippen LogP contribution in [0.25, 0.3) is 11.3 Å². The third-order valence-electron chi connectivity index (χ3n) is 2.80. The topological polar surface area (TPSA) is 98.2 Å². The summed E-state index contributed by atoms with van der Waals surface area (Å²) >= 11 is 5.81. The number of aryl methyl sites for hydroxylation is 1. The lowest BCUT2D eigenvalue weighted by Gasteiger charge is -2.00. The lowest BCUT2D eigenvalue weighted by molar-refractivity contribution is -0.137. The van der Waals surface area contributed by atoms with Gasteiger partial charge in [-0.15, -0.1) is 0 Å². The summed E-state index contributed by atoms with van der Waals surface area (Å²) in [6, 6.07) is 6.80. The predicted octanol–water partition coefficient (Wildman–Crippen LogP) is 2.07. The molecule has 7 heteroatoms. The first-order chi connectivity index (χ1) is 9.52. The van der Waals surface area contributed by atoms with Crippen molar-refractivity contribution < 1.29 is 14.7 Å². The number of carbonyl (C=O) groups is 2. The molecule has 0 aliphatic heterocycles. The highest BCUT2D eigenvalue weighted by molar-refractivity contribution is 6.30. The molecular weight excluding hydrogens is 282 g/mol. The van der Waals surface area contributed by atoms with Crippen LogP contribution in [0, 0.1) is 0 Å². The molecule has 0 unspecified atom stereocenters. The number of nitrogens with zero attached hydrogens (tertiary/aromatic N) is 2. The number of carboxylic acids is 1.